The molecule has 0 N–H and O–H groups in total. The van der Waals surface area contributed by atoms with Gasteiger partial charge in [0.25, 0.3) is 0 Å². The quantitative estimate of drug-likeness (QED) is 0.0266. The van der Waals surface area contributed by atoms with Gasteiger partial charge in [0.1, 0.15) is 12.6 Å². The van der Waals surface area contributed by atoms with Gasteiger partial charge in [-0.1, -0.05) is 138 Å². The van der Waals surface area contributed by atoms with Crippen LogP contribution in [0.4, 0.5) is 0 Å². The molecule has 2 unspecified atom stereocenters. The van der Waals surface area contributed by atoms with Crippen LogP contribution in [0, 0.1) is 0 Å². The molecule has 0 rings (SSSR count). The van der Waals surface area contributed by atoms with E-state index in [1.54, 1.807) is 21.1 Å². The number of ether oxygens (including phenoxy) is 3. The van der Waals surface area contributed by atoms with E-state index in [1.807, 2.05) is 0 Å². The first kappa shape index (κ1) is 52.8. The van der Waals surface area contributed by atoms with Crippen LogP contribution in [0.1, 0.15) is 162 Å². The number of carboxylic acid groups (broad SMARTS) is 1. The zero-order valence-electron chi connectivity index (χ0n) is 36.3. The van der Waals surface area contributed by atoms with Crippen molar-refractivity contribution in [3.63, 3.8) is 0 Å². The Morgan fingerprint density at radius 2 is 1.00 bits per heavy atom. The number of aliphatic carboxylic acids is 1. The average molecular weight is 784 g/mol. The Kier molecular flexibility index (Phi) is 36.4. The molecule has 0 heterocycles. The lowest BCUT2D eigenvalue weighted by molar-refractivity contribution is -0.889. The lowest BCUT2D eigenvalue weighted by Crippen LogP contribution is -2.55. The third-order valence-corrected chi connectivity index (χ3v) is 9.33. The van der Waals surface area contributed by atoms with Gasteiger partial charge in [-0.25, -0.2) is 0 Å². The van der Waals surface area contributed by atoms with Gasteiger partial charge in [-0.05, 0) is 77.0 Å². The number of carbonyl (C=O) groups is 3. The van der Waals surface area contributed by atoms with Gasteiger partial charge in [0.05, 0.1) is 40.3 Å². The SMILES string of the molecule is CC/C=C/C/C=C/C/C=C/C/C=C/C/C=C/CCCCCCCCC(=O)OC(COCCC(C(=O)[O-])[N+](C)(C)C)COC(=O)CCCCCC/C=C/CCCC. The van der Waals surface area contributed by atoms with Crippen molar-refractivity contribution in [2.24, 2.45) is 0 Å². The number of rotatable bonds is 38. The molecule has 0 aromatic carbocycles. The van der Waals surface area contributed by atoms with Crippen LogP contribution in [-0.2, 0) is 28.6 Å². The first-order valence-corrected chi connectivity index (χ1v) is 22.0. The highest BCUT2D eigenvalue weighted by atomic mass is 16.6. The Labute approximate surface area is 342 Å². The van der Waals surface area contributed by atoms with Crippen LogP contribution in [0.5, 0.6) is 0 Å². The number of quaternary nitrogens is 1. The van der Waals surface area contributed by atoms with Crippen molar-refractivity contribution in [2.75, 3.05) is 41.0 Å². The summed E-state index contributed by atoms with van der Waals surface area (Å²) in [5.41, 5.74) is 0. The molecule has 8 nitrogen and oxygen atoms in total. The van der Waals surface area contributed by atoms with Gasteiger partial charge >= 0.3 is 11.9 Å². The second-order valence-corrected chi connectivity index (χ2v) is 15.5. The molecule has 0 spiro atoms. The lowest BCUT2D eigenvalue weighted by Gasteiger charge is -2.34. The summed E-state index contributed by atoms with van der Waals surface area (Å²) in [6.45, 7) is 4.46. The van der Waals surface area contributed by atoms with Gasteiger partial charge in [-0.15, -0.1) is 0 Å². The first-order chi connectivity index (χ1) is 27.1. The standard InChI is InChI=1S/C48H81NO7/c1-6-8-10-12-14-16-18-19-20-21-22-23-24-25-26-27-28-29-31-33-35-37-39-47(51)56-44(42-54-41-40-45(48(52)53)49(3,4)5)43-55-46(50)38-36-34-32-30-17-15-13-11-9-7-2/h8,10,13-16,19-20,22-23,25-26,44-45H,6-7,9,11-12,17-18,21,24,27-43H2,1-5H3/b10-8+,15-13+,16-14+,20-19+,23-22+,26-25+. The van der Waals surface area contributed by atoms with Crippen LogP contribution < -0.4 is 5.11 Å². The number of hydrogen-bond donors (Lipinski definition) is 0. The fourth-order valence-corrected chi connectivity index (χ4v) is 5.90. The highest BCUT2D eigenvalue weighted by Gasteiger charge is 2.25. The number of carbonyl (C=O) groups excluding carboxylic acids is 3. The molecule has 0 saturated heterocycles. The van der Waals surface area contributed by atoms with Crippen LogP contribution in [0.15, 0.2) is 72.9 Å². The molecule has 0 fully saturated rings. The van der Waals surface area contributed by atoms with Gasteiger partial charge in [0.15, 0.2) is 6.10 Å². The summed E-state index contributed by atoms with van der Waals surface area (Å²) in [6.07, 6.45) is 47.9. The maximum atomic E-state index is 12.7. The summed E-state index contributed by atoms with van der Waals surface area (Å²) >= 11 is 0. The largest absolute Gasteiger partial charge is 0.544 e. The highest BCUT2D eigenvalue weighted by Crippen LogP contribution is 2.13. The Balaban J connectivity index is 4.34. The van der Waals surface area contributed by atoms with E-state index in [9.17, 15) is 19.5 Å². The number of unbranched alkanes of at least 4 members (excludes halogenated alkanes) is 12. The number of allylic oxidation sites excluding steroid dienone is 12. The Hall–Kier alpha value is -3.23. The molecule has 2 atom stereocenters. The second-order valence-electron chi connectivity index (χ2n) is 15.5. The molecule has 320 valence electrons. The van der Waals surface area contributed by atoms with Crippen molar-refractivity contribution < 1.29 is 38.2 Å². The van der Waals surface area contributed by atoms with Gasteiger partial charge < -0.3 is 28.6 Å². The van der Waals surface area contributed by atoms with Crippen LogP contribution in [-0.4, -0.2) is 75.5 Å². The number of esters is 2. The summed E-state index contributed by atoms with van der Waals surface area (Å²) in [7, 11) is 5.39. The average Bonchev–Trinajstić information content (AvgIpc) is 3.15. The summed E-state index contributed by atoms with van der Waals surface area (Å²) in [5, 5.41) is 11.6. The molecule has 0 amide bonds. The molecule has 8 heteroatoms. The minimum absolute atomic E-state index is 0.0274. The molecule has 0 bridgehead atoms. The second kappa shape index (κ2) is 38.6. The topological polar surface area (TPSA) is 102 Å². The Bertz CT molecular complexity index is 1140. The summed E-state index contributed by atoms with van der Waals surface area (Å²) in [6, 6.07) is -0.732. The van der Waals surface area contributed by atoms with Crippen molar-refractivity contribution in [3.05, 3.63) is 72.9 Å². The molecule has 0 aliphatic rings. The van der Waals surface area contributed by atoms with Crippen LogP contribution in [0.3, 0.4) is 0 Å². The lowest BCUT2D eigenvalue weighted by atomic mass is 10.1. The number of carboxylic acids is 1. The predicted molar refractivity (Wildman–Crippen MR) is 231 cm³/mol. The molecular weight excluding hydrogens is 703 g/mol. The smallest absolute Gasteiger partial charge is 0.306 e. The third-order valence-electron chi connectivity index (χ3n) is 9.33. The minimum Gasteiger partial charge on any atom is -0.544 e. The van der Waals surface area contributed by atoms with E-state index in [1.165, 1.54) is 25.7 Å². The van der Waals surface area contributed by atoms with Crippen molar-refractivity contribution in [3.8, 4) is 0 Å². The monoisotopic (exact) mass is 784 g/mol. The number of likely N-dealkylation sites (N-methyl/N-ethyl adjacent to an activating group) is 1. The summed E-state index contributed by atoms with van der Waals surface area (Å²) in [5.74, 6) is -1.78. The fraction of sp³-hybridized carbons (Fsp3) is 0.688. The highest BCUT2D eigenvalue weighted by molar-refractivity contribution is 5.70. The van der Waals surface area contributed by atoms with Gasteiger partial charge in [-0.3, -0.25) is 9.59 Å². The van der Waals surface area contributed by atoms with Crippen molar-refractivity contribution in [1.29, 1.82) is 0 Å². The van der Waals surface area contributed by atoms with Crippen molar-refractivity contribution in [1.82, 2.24) is 0 Å². The van der Waals surface area contributed by atoms with E-state index in [0.717, 1.165) is 103 Å². The molecule has 56 heavy (non-hydrogen) atoms. The summed E-state index contributed by atoms with van der Waals surface area (Å²) in [4.78, 5) is 36.8. The number of hydrogen-bond acceptors (Lipinski definition) is 7. The van der Waals surface area contributed by atoms with E-state index in [0.29, 0.717) is 12.8 Å². The van der Waals surface area contributed by atoms with Crippen molar-refractivity contribution >= 4 is 17.9 Å². The number of nitrogens with zero attached hydrogens (tertiary/aromatic N) is 1. The van der Waals surface area contributed by atoms with Gasteiger partial charge in [0.2, 0.25) is 0 Å². The van der Waals surface area contributed by atoms with E-state index in [4.69, 9.17) is 14.2 Å². The van der Waals surface area contributed by atoms with Gasteiger partial charge in [-0.2, -0.15) is 0 Å². The minimum atomic E-state index is -1.13. The zero-order chi connectivity index (χ0) is 41.4. The maximum Gasteiger partial charge on any atom is 0.306 e. The molecule has 0 radical (unpaired) electrons. The van der Waals surface area contributed by atoms with Gasteiger partial charge in [0, 0.05) is 19.3 Å². The van der Waals surface area contributed by atoms with Crippen LogP contribution >= 0.6 is 0 Å². The molecule has 0 aromatic rings. The molecular formula is C48H81NO7. The molecule has 0 saturated carbocycles. The van der Waals surface area contributed by atoms with Crippen LogP contribution in [0.2, 0.25) is 0 Å². The predicted octanol–water partition coefficient (Wildman–Crippen LogP) is 10.6. The third kappa shape index (κ3) is 36.4. The van der Waals surface area contributed by atoms with E-state index in [-0.39, 0.29) is 42.7 Å². The molecule has 0 aliphatic carbocycles. The molecule has 0 aliphatic heterocycles. The van der Waals surface area contributed by atoms with E-state index in [2.05, 4.69) is 86.8 Å². The van der Waals surface area contributed by atoms with Crippen molar-refractivity contribution in [2.45, 2.75) is 174 Å². The van der Waals surface area contributed by atoms with E-state index >= 15 is 0 Å². The van der Waals surface area contributed by atoms with E-state index < -0.39 is 18.1 Å². The summed E-state index contributed by atoms with van der Waals surface area (Å²) < 4.78 is 17.1. The zero-order valence-corrected chi connectivity index (χ0v) is 36.3. The Morgan fingerprint density at radius 1 is 0.554 bits per heavy atom. The molecule has 0 aromatic heterocycles. The fourth-order valence-electron chi connectivity index (χ4n) is 5.90. The normalized spacial score (nSPS) is 13.7. The first-order valence-electron chi connectivity index (χ1n) is 22.0. The van der Waals surface area contributed by atoms with Crippen LogP contribution in [0.25, 0.3) is 0 Å². The Morgan fingerprint density at radius 3 is 1.50 bits per heavy atom. The maximum absolute atomic E-state index is 12.7.